The molecule has 0 spiro atoms. The van der Waals surface area contributed by atoms with Gasteiger partial charge in [-0.05, 0) is 30.0 Å². The normalized spacial score (nSPS) is 11.4. The average molecular weight is 272 g/mol. The summed E-state index contributed by atoms with van der Waals surface area (Å²) in [6.45, 7) is 6.36. The van der Waals surface area contributed by atoms with Crippen molar-refractivity contribution in [2.75, 3.05) is 7.11 Å². The smallest absolute Gasteiger partial charge is 0.259 e. The van der Waals surface area contributed by atoms with Crippen LogP contribution in [-0.4, -0.2) is 16.7 Å². The minimum Gasteiger partial charge on any atom is -0.495 e. The summed E-state index contributed by atoms with van der Waals surface area (Å²) >= 11 is 0. The second-order valence-electron chi connectivity index (χ2n) is 6.00. The molecule has 2 rings (SSSR count). The second-order valence-corrected chi connectivity index (χ2v) is 6.00. The Bertz CT molecular complexity index is 637. The Morgan fingerprint density at radius 3 is 2.55 bits per heavy atom. The lowest BCUT2D eigenvalue weighted by molar-refractivity contribution is 0.408. The highest BCUT2D eigenvalue weighted by atomic mass is 16.5. The minimum atomic E-state index is -0.0138. The monoisotopic (exact) mass is 272 g/mol. The molecule has 0 saturated carbocycles. The molecular formula is C16H20N2O2. The maximum Gasteiger partial charge on any atom is 0.259 e. The van der Waals surface area contributed by atoms with Crippen molar-refractivity contribution in [1.82, 2.24) is 9.55 Å². The van der Waals surface area contributed by atoms with Crippen molar-refractivity contribution in [1.29, 1.82) is 0 Å². The van der Waals surface area contributed by atoms with Crippen molar-refractivity contribution in [2.24, 2.45) is 5.41 Å². The molecule has 0 atom stereocenters. The van der Waals surface area contributed by atoms with E-state index in [9.17, 15) is 4.79 Å². The van der Waals surface area contributed by atoms with E-state index < -0.39 is 0 Å². The van der Waals surface area contributed by atoms with Crippen molar-refractivity contribution in [3.63, 3.8) is 0 Å². The van der Waals surface area contributed by atoms with Crippen LogP contribution in [0.3, 0.4) is 0 Å². The minimum absolute atomic E-state index is 0.0138. The summed E-state index contributed by atoms with van der Waals surface area (Å²) < 4.78 is 6.64. The fourth-order valence-electron chi connectivity index (χ4n) is 2.06. The summed E-state index contributed by atoms with van der Waals surface area (Å²) in [5.41, 5.74) is 0.865. The van der Waals surface area contributed by atoms with Gasteiger partial charge < -0.3 is 4.74 Å². The number of hydrogen-bond acceptors (Lipinski definition) is 3. The van der Waals surface area contributed by atoms with E-state index in [1.807, 2.05) is 12.1 Å². The highest BCUT2D eigenvalue weighted by molar-refractivity contribution is 5.30. The highest BCUT2D eigenvalue weighted by Crippen LogP contribution is 2.18. The van der Waals surface area contributed by atoms with Crippen molar-refractivity contribution < 1.29 is 4.74 Å². The molecule has 0 saturated heterocycles. The van der Waals surface area contributed by atoms with E-state index in [0.717, 1.165) is 12.0 Å². The first kappa shape index (κ1) is 14.3. The molecule has 0 aromatic carbocycles. The summed E-state index contributed by atoms with van der Waals surface area (Å²) in [6.07, 6.45) is 4.09. The number of nitrogens with zero attached hydrogens (tertiary/aromatic N) is 2. The predicted octanol–water partition coefficient (Wildman–Crippen LogP) is 2.83. The third-order valence-corrected chi connectivity index (χ3v) is 2.95. The third kappa shape index (κ3) is 3.26. The molecule has 4 nitrogen and oxygen atoms in total. The lowest BCUT2D eigenvalue weighted by Crippen LogP contribution is -2.25. The van der Waals surface area contributed by atoms with E-state index in [0.29, 0.717) is 11.6 Å². The molecule has 0 fully saturated rings. The van der Waals surface area contributed by atoms with Gasteiger partial charge in [-0.3, -0.25) is 9.36 Å². The summed E-state index contributed by atoms with van der Waals surface area (Å²) in [4.78, 5) is 16.7. The van der Waals surface area contributed by atoms with E-state index >= 15 is 0 Å². The lowest BCUT2D eigenvalue weighted by atomic mass is 9.89. The zero-order valence-corrected chi connectivity index (χ0v) is 12.4. The van der Waals surface area contributed by atoms with Crippen LogP contribution >= 0.6 is 0 Å². The number of hydrogen-bond donors (Lipinski definition) is 0. The number of methoxy groups -OCH3 is 1. The maximum absolute atomic E-state index is 12.5. The first-order chi connectivity index (χ1) is 9.40. The molecule has 0 N–H and O–H groups in total. The highest BCUT2D eigenvalue weighted by Gasteiger charge is 2.15. The van der Waals surface area contributed by atoms with Gasteiger partial charge in [-0.25, -0.2) is 4.98 Å². The van der Waals surface area contributed by atoms with Gasteiger partial charge >= 0.3 is 0 Å². The standard InChI is InChI=1S/C16H20N2O2/c1-16(2,3)10-12-6-5-9-18(15(12)19)14-8-7-13(20-4)11-17-14/h5-9,11H,10H2,1-4H3. The molecule has 2 aromatic heterocycles. The summed E-state index contributed by atoms with van der Waals surface area (Å²) in [5.74, 6) is 1.28. The van der Waals surface area contributed by atoms with Crippen LogP contribution in [0, 0.1) is 5.41 Å². The van der Waals surface area contributed by atoms with Gasteiger partial charge in [0, 0.05) is 11.8 Å². The Hall–Kier alpha value is -2.10. The van der Waals surface area contributed by atoms with Gasteiger partial charge in [0.25, 0.3) is 5.56 Å². The third-order valence-electron chi connectivity index (χ3n) is 2.95. The van der Waals surface area contributed by atoms with Crippen LogP contribution < -0.4 is 10.3 Å². The molecule has 20 heavy (non-hydrogen) atoms. The summed E-state index contributed by atoms with van der Waals surface area (Å²) in [5, 5.41) is 0. The van der Waals surface area contributed by atoms with E-state index in [1.54, 1.807) is 36.2 Å². The molecule has 106 valence electrons. The number of pyridine rings is 2. The van der Waals surface area contributed by atoms with Crippen LogP contribution in [0.2, 0.25) is 0 Å². The molecule has 0 amide bonds. The molecule has 0 aliphatic rings. The SMILES string of the molecule is COc1ccc(-n2cccc(CC(C)(C)C)c2=O)nc1. The van der Waals surface area contributed by atoms with Crippen LogP contribution in [-0.2, 0) is 6.42 Å². The zero-order valence-electron chi connectivity index (χ0n) is 12.4. The van der Waals surface area contributed by atoms with Gasteiger partial charge in [0.15, 0.2) is 0 Å². The number of ether oxygens (including phenoxy) is 1. The molecule has 4 heteroatoms. The molecule has 2 heterocycles. The van der Waals surface area contributed by atoms with Crippen molar-refractivity contribution in [3.8, 4) is 11.6 Å². The van der Waals surface area contributed by atoms with Gasteiger partial charge in [0.05, 0.1) is 13.3 Å². The van der Waals surface area contributed by atoms with Gasteiger partial charge in [0.1, 0.15) is 11.6 Å². The van der Waals surface area contributed by atoms with E-state index in [1.165, 1.54) is 0 Å². The summed E-state index contributed by atoms with van der Waals surface area (Å²) in [6, 6.07) is 7.34. The van der Waals surface area contributed by atoms with Crippen LogP contribution in [0.4, 0.5) is 0 Å². The van der Waals surface area contributed by atoms with Gasteiger partial charge in [-0.1, -0.05) is 26.8 Å². The molecule has 2 aromatic rings. The lowest BCUT2D eigenvalue weighted by Gasteiger charge is -2.18. The quantitative estimate of drug-likeness (QED) is 0.863. The van der Waals surface area contributed by atoms with Crippen LogP contribution in [0.25, 0.3) is 5.82 Å². The molecule has 0 aliphatic heterocycles. The van der Waals surface area contributed by atoms with Crippen LogP contribution in [0.15, 0.2) is 41.5 Å². The van der Waals surface area contributed by atoms with Crippen molar-refractivity contribution >= 4 is 0 Å². The van der Waals surface area contributed by atoms with Crippen LogP contribution in [0.1, 0.15) is 26.3 Å². The summed E-state index contributed by atoms with van der Waals surface area (Å²) in [7, 11) is 1.59. The van der Waals surface area contributed by atoms with E-state index in [-0.39, 0.29) is 11.0 Å². The molecular weight excluding hydrogens is 252 g/mol. The van der Waals surface area contributed by atoms with Crippen LogP contribution in [0.5, 0.6) is 5.75 Å². The van der Waals surface area contributed by atoms with E-state index in [2.05, 4.69) is 25.8 Å². The number of rotatable bonds is 3. The van der Waals surface area contributed by atoms with E-state index in [4.69, 9.17) is 4.74 Å². The largest absolute Gasteiger partial charge is 0.495 e. The Balaban J connectivity index is 2.42. The predicted molar refractivity (Wildman–Crippen MR) is 79.5 cm³/mol. The Morgan fingerprint density at radius 2 is 2.00 bits per heavy atom. The fourth-order valence-corrected chi connectivity index (χ4v) is 2.06. The molecule has 0 bridgehead atoms. The Morgan fingerprint density at radius 1 is 1.25 bits per heavy atom. The molecule has 0 unspecified atom stereocenters. The van der Waals surface area contributed by atoms with Crippen molar-refractivity contribution in [3.05, 3.63) is 52.6 Å². The first-order valence-electron chi connectivity index (χ1n) is 6.62. The maximum atomic E-state index is 12.5. The topological polar surface area (TPSA) is 44.1 Å². The number of aromatic nitrogens is 2. The fraction of sp³-hybridized carbons (Fsp3) is 0.375. The Kier molecular flexibility index (Phi) is 3.93. The zero-order chi connectivity index (χ0) is 14.8. The second kappa shape index (κ2) is 5.49. The Labute approximate surface area is 119 Å². The van der Waals surface area contributed by atoms with Gasteiger partial charge in [0.2, 0.25) is 0 Å². The van der Waals surface area contributed by atoms with Gasteiger partial charge in [-0.15, -0.1) is 0 Å². The van der Waals surface area contributed by atoms with Gasteiger partial charge in [-0.2, -0.15) is 0 Å². The van der Waals surface area contributed by atoms with Crippen molar-refractivity contribution in [2.45, 2.75) is 27.2 Å². The molecule has 0 aliphatic carbocycles. The molecule has 0 radical (unpaired) electrons. The average Bonchev–Trinajstić information content (AvgIpc) is 2.40. The first-order valence-corrected chi connectivity index (χ1v) is 6.62.